The highest BCUT2D eigenvalue weighted by molar-refractivity contribution is 5.78. The molecule has 0 atom stereocenters. The quantitative estimate of drug-likeness (QED) is 0.590. The molecule has 0 spiro atoms. The minimum absolute atomic E-state index is 0.226. The molecule has 0 saturated carbocycles. The number of hydrazine groups is 1. The van der Waals surface area contributed by atoms with E-state index in [1.807, 2.05) is 79.5 Å². The zero-order valence-corrected chi connectivity index (χ0v) is 14.3. The van der Waals surface area contributed by atoms with E-state index < -0.39 is 0 Å². The van der Waals surface area contributed by atoms with Gasteiger partial charge in [0.25, 0.3) is 0 Å². The molecule has 0 radical (unpaired) electrons. The Hall–Kier alpha value is -3.28. The molecule has 2 aromatic carbocycles. The molecule has 1 aromatic heterocycles. The average Bonchev–Trinajstić information content (AvgIpc) is 2.63. The van der Waals surface area contributed by atoms with Gasteiger partial charge in [0.15, 0.2) is 11.6 Å². The molecule has 0 aliphatic carbocycles. The van der Waals surface area contributed by atoms with E-state index in [0.717, 1.165) is 11.4 Å². The molecule has 6 heteroatoms. The van der Waals surface area contributed by atoms with Crippen LogP contribution < -0.4 is 21.5 Å². The Balaban J connectivity index is 1.97. The van der Waals surface area contributed by atoms with Crippen LogP contribution in [0.25, 0.3) is 0 Å². The fourth-order valence-electron chi connectivity index (χ4n) is 2.41. The van der Waals surface area contributed by atoms with E-state index in [4.69, 9.17) is 5.73 Å². The average molecular weight is 334 g/mol. The first-order valence-corrected chi connectivity index (χ1v) is 8.19. The Morgan fingerprint density at radius 1 is 0.840 bits per heavy atom. The Morgan fingerprint density at radius 2 is 1.36 bits per heavy atom. The summed E-state index contributed by atoms with van der Waals surface area (Å²) in [5.74, 6) is 1.17. The second-order valence-corrected chi connectivity index (χ2v) is 5.90. The summed E-state index contributed by atoms with van der Waals surface area (Å²) in [5, 5.41) is 5.17. The summed E-state index contributed by atoms with van der Waals surface area (Å²) in [6.45, 7) is 4.07. The summed E-state index contributed by atoms with van der Waals surface area (Å²) >= 11 is 0. The van der Waals surface area contributed by atoms with Gasteiger partial charge in [-0.05, 0) is 38.1 Å². The van der Waals surface area contributed by atoms with Crippen molar-refractivity contribution in [3.8, 4) is 0 Å². The predicted octanol–water partition coefficient (Wildman–Crippen LogP) is 4.04. The first kappa shape index (κ1) is 16.6. The molecule has 128 valence electrons. The molecule has 25 heavy (non-hydrogen) atoms. The summed E-state index contributed by atoms with van der Waals surface area (Å²) in [7, 11) is 0. The highest BCUT2D eigenvalue weighted by atomic mass is 15.5. The maximum Gasteiger partial charge on any atom is 0.173 e. The third-order valence-corrected chi connectivity index (χ3v) is 3.56. The van der Waals surface area contributed by atoms with Gasteiger partial charge in [-0.2, -0.15) is 0 Å². The van der Waals surface area contributed by atoms with Gasteiger partial charge in [-0.25, -0.2) is 9.97 Å². The van der Waals surface area contributed by atoms with Crippen molar-refractivity contribution in [1.82, 2.24) is 9.97 Å². The Morgan fingerprint density at radius 3 is 1.88 bits per heavy atom. The van der Waals surface area contributed by atoms with Crippen molar-refractivity contribution in [2.24, 2.45) is 0 Å². The lowest BCUT2D eigenvalue weighted by molar-refractivity contribution is 0.887. The van der Waals surface area contributed by atoms with Gasteiger partial charge < -0.3 is 11.1 Å². The molecule has 0 saturated heterocycles. The Labute approximate surface area is 147 Å². The summed E-state index contributed by atoms with van der Waals surface area (Å²) in [6, 6.07) is 20.2. The summed E-state index contributed by atoms with van der Waals surface area (Å²) in [6.07, 6.45) is 1.50. The largest absolute Gasteiger partial charge is 0.393 e. The summed E-state index contributed by atoms with van der Waals surface area (Å²) in [4.78, 5) is 8.53. The van der Waals surface area contributed by atoms with E-state index in [1.54, 1.807) is 0 Å². The summed E-state index contributed by atoms with van der Waals surface area (Å²) < 4.78 is 0. The standard InChI is InChI=1S/C19H22N6/c1-14(2)23-18-17(20)19(22-13-21-18)24-25(15-9-5-3-6-10-15)16-11-7-4-8-12-16/h3-14H,20H2,1-2H3,(H2,21,22,23,24). The number of hydrogen-bond donors (Lipinski definition) is 3. The van der Waals surface area contributed by atoms with E-state index in [9.17, 15) is 0 Å². The van der Waals surface area contributed by atoms with Crippen molar-refractivity contribution >= 4 is 28.7 Å². The van der Waals surface area contributed by atoms with Crippen LogP contribution >= 0.6 is 0 Å². The second kappa shape index (κ2) is 7.53. The fourth-order valence-corrected chi connectivity index (χ4v) is 2.41. The molecule has 0 bridgehead atoms. The Bertz CT molecular complexity index is 765. The topological polar surface area (TPSA) is 79.1 Å². The van der Waals surface area contributed by atoms with E-state index >= 15 is 0 Å². The van der Waals surface area contributed by atoms with E-state index in [1.165, 1.54) is 6.33 Å². The number of hydrogen-bond acceptors (Lipinski definition) is 6. The molecule has 1 heterocycles. The Kier molecular flexibility index (Phi) is 4.99. The molecule has 0 unspecified atom stereocenters. The minimum Gasteiger partial charge on any atom is -0.393 e. The first-order valence-electron chi connectivity index (χ1n) is 8.19. The van der Waals surface area contributed by atoms with Crippen molar-refractivity contribution in [3.05, 3.63) is 67.0 Å². The third-order valence-electron chi connectivity index (χ3n) is 3.56. The number of rotatable bonds is 6. The van der Waals surface area contributed by atoms with Crippen molar-refractivity contribution < 1.29 is 0 Å². The number of para-hydroxylation sites is 2. The molecule has 3 aromatic rings. The number of aromatic nitrogens is 2. The lowest BCUT2D eigenvalue weighted by atomic mass is 10.2. The van der Waals surface area contributed by atoms with Gasteiger partial charge in [-0.1, -0.05) is 36.4 Å². The maximum absolute atomic E-state index is 6.26. The zero-order valence-electron chi connectivity index (χ0n) is 14.3. The SMILES string of the molecule is CC(C)Nc1ncnc(NN(c2ccccc2)c2ccccc2)c1N. The van der Waals surface area contributed by atoms with Crippen LogP contribution in [0.1, 0.15) is 13.8 Å². The first-order chi connectivity index (χ1) is 12.1. The van der Waals surface area contributed by atoms with Crippen LogP contribution in [-0.2, 0) is 0 Å². The van der Waals surface area contributed by atoms with E-state index in [2.05, 4.69) is 20.7 Å². The van der Waals surface area contributed by atoms with Gasteiger partial charge in [0, 0.05) is 6.04 Å². The van der Waals surface area contributed by atoms with Gasteiger partial charge in [-0.15, -0.1) is 0 Å². The molecular formula is C19H22N6. The molecule has 0 aliphatic heterocycles. The number of nitrogen functional groups attached to an aromatic ring is 1. The van der Waals surface area contributed by atoms with Crippen LogP contribution in [0.5, 0.6) is 0 Å². The van der Waals surface area contributed by atoms with Gasteiger partial charge in [-0.3, -0.25) is 10.4 Å². The van der Waals surface area contributed by atoms with E-state index in [-0.39, 0.29) is 6.04 Å². The fraction of sp³-hybridized carbons (Fsp3) is 0.158. The lowest BCUT2D eigenvalue weighted by Crippen LogP contribution is -2.26. The smallest absolute Gasteiger partial charge is 0.173 e. The molecular weight excluding hydrogens is 312 g/mol. The molecule has 6 nitrogen and oxygen atoms in total. The van der Waals surface area contributed by atoms with Crippen molar-refractivity contribution in [1.29, 1.82) is 0 Å². The molecule has 3 rings (SSSR count). The van der Waals surface area contributed by atoms with Crippen LogP contribution in [0.2, 0.25) is 0 Å². The van der Waals surface area contributed by atoms with Crippen molar-refractivity contribution in [3.63, 3.8) is 0 Å². The van der Waals surface area contributed by atoms with Crippen LogP contribution in [0.3, 0.4) is 0 Å². The van der Waals surface area contributed by atoms with Gasteiger partial charge >= 0.3 is 0 Å². The van der Waals surface area contributed by atoms with Crippen molar-refractivity contribution in [2.75, 3.05) is 21.5 Å². The summed E-state index contributed by atoms with van der Waals surface area (Å²) in [5.41, 5.74) is 12.0. The van der Waals surface area contributed by atoms with Gasteiger partial charge in [0.05, 0.1) is 11.4 Å². The lowest BCUT2D eigenvalue weighted by Gasteiger charge is -2.27. The van der Waals surface area contributed by atoms with Crippen LogP contribution in [0, 0.1) is 0 Å². The highest BCUT2D eigenvalue weighted by Gasteiger charge is 2.14. The molecule has 0 aliphatic rings. The van der Waals surface area contributed by atoms with Crippen LogP contribution in [0.15, 0.2) is 67.0 Å². The molecule has 0 amide bonds. The minimum atomic E-state index is 0.226. The normalized spacial score (nSPS) is 10.5. The number of nitrogens with zero attached hydrogens (tertiary/aromatic N) is 3. The predicted molar refractivity (Wildman–Crippen MR) is 104 cm³/mol. The zero-order chi connectivity index (χ0) is 17.6. The maximum atomic E-state index is 6.26. The number of benzene rings is 2. The van der Waals surface area contributed by atoms with Gasteiger partial charge in [0.2, 0.25) is 0 Å². The van der Waals surface area contributed by atoms with Gasteiger partial charge in [0.1, 0.15) is 12.0 Å². The number of anilines is 5. The van der Waals surface area contributed by atoms with Crippen LogP contribution in [-0.4, -0.2) is 16.0 Å². The highest BCUT2D eigenvalue weighted by Crippen LogP contribution is 2.29. The third kappa shape index (κ3) is 3.98. The monoisotopic (exact) mass is 334 g/mol. The number of nitrogens with two attached hydrogens (primary N) is 1. The number of nitrogens with one attached hydrogen (secondary N) is 2. The van der Waals surface area contributed by atoms with Crippen LogP contribution in [0.4, 0.5) is 28.7 Å². The van der Waals surface area contributed by atoms with Crippen molar-refractivity contribution in [2.45, 2.75) is 19.9 Å². The van der Waals surface area contributed by atoms with E-state index in [0.29, 0.717) is 17.3 Å². The molecule has 4 N–H and O–H groups in total. The second-order valence-electron chi connectivity index (χ2n) is 5.90. The molecule has 0 fully saturated rings.